The molecule has 0 aliphatic carbocycles. The summed E-state index contributed by atoms with van der Waals surface area (Å²) in [6, 6.07) is 0.422. The Hall–Kier alpha value is -1.14. The van der Waals surface area contributed by atoms with Gasteiger partial charge < -0.3 is 15.3 Å². The van der Waals surface area contributed by atoms with Crippen LogP contribution in [0.5, 0.6) is 0 Å². The number of likely N-dealkylation sites (tertiary alicyclic amines) is 1. The fourth-order valence-electron chi connectivity index (χ4n) is 2.23. The molecule has 0 bridgehead atoms. The summed E-state index contributed by atoms with van der Waals surface area (Å²) in [5, 5.41) is 12.9. The van der Waals surface area contributed by atoms with E-state index in [0.29, 0.717) is 10.9 Å². The third-order valence-electron chi connectivity index (χ3n) is 3.17. The van der Waals surface area contributed by atoms with Gasteiger partial charge in [-0.1, -0.05) is 18.3 Å². The molecule has 2 N–H and O–H groups in total. The first-order chi connectivity index (χ1) is 8.69. The molecule has 1 aliphatic heterocycles. The van der Waals surface area contributed by atoms with Gasteiger partial charge in [0, 0.05) is 19.1 Å². The van der Waals surface area contributed by atoms with Crippen molar-refractivity contribution in [1.82, 2.24) is 9.88 Å². The van der Waals surface area contributed by atoms with Crippen molar-refractivity contribution in [2.75, 3.05) is 25.0 Å². The molecule has 0 saturated carbocycles. The van der Waals surface area contributed by atoms with Gasteiger partial charge in [0.25, 0.3) is 0 Å². The maximum Gasteiger partial charge on any atom is 0.347 e. The Morgan fingerprint density at radius 2 is 2.33 bits per heavy atom. The highest BCUT2D eigenvalue weighted by Crippen LogP contribution is 2.21. The molecule has 100 valence electrons. The average molecular weight is 269 g/mol. The Morgan fingerprint density at radius 1 is 1.61 bits per heavy atom. The molecule has 0 spiro atoms. The fraction of sp³-hybridized carbons (Fsp3) is 0.667. The van der Waals surface area contributed by atoms with Gasteiger partial charge in [0.2, 0.25) is 0 Å². The number of nitrogens with one attached hydrogen (secondary N) is 1. The zero-order valence-electron chi connectivity index (χ0n) is 10.6. The first-order valence-electron chi connectivity index (χ1n) is 6.37. The molecule has 0 radical (unpaired) electrons. The van der Waals surface area contributed by atoms with Crippen molar-refractivity contribution < 1.29 is 9.90 Å². The number of piperidine rings is 1. The molecule has 1 aromatic heterocycles. The summed E-state index contributed by atoms with van der Waals surface area (Å²) in [5.41, 5.74) is 0. The Morgan fingerprint density at radius 3 is 2.89 bits per heavy atom. The number of nitrogens with zero attached hydrogens (tertiary/aromatic N) is 2. The molecular weight excluding hydrogens is 250 g/mol. The fourth-order valence-corrected chi connectivity index (χ4v) is 2.96. The van der Waals surface area contributed by atoms with Crippen LogP contribution in [0.25, 0.3) is 0 Å². The van der Waals surface area contributed by atoms with Crippen molar-refractivity contribution in [3.05, 3.63) is 11.1 Å². The van der Waals surface area contributed by atoms with Crippen molar-refractivity contribution in [3.63, 3.8) is 0 Å². The van der Waals surface area contributed by atoms with Gasteiger partial charge in [0.15, 0.2) is 5.13 Å². The highest BCUT2D eigenvalue weighted by Gasteiger charge is 2.19. The van der Waals surface area contributed by atoms with Crippen LogP contribution in [0.15, 0.2) is 6.20 Å². The third kappa shape index (κ3) is 3.43. The van der Waals surface area contributed by atoms with Crippen LogP contribution in [0.3, 0.4) is 0 Å². The molecule has 0 atom stereocenters. The molecule has 1 fully saturated rings. The zero-order chi connectivity index (χ0) is 13.0. The maximum atomic E-state index is 10.8. The minimum atomic E-state index is -0.904. The number of carbonyl (C=O) groups is 1. The van der Waals surface area contributed by atoms with E-state index in [-0.39, 0.29) is 0 Å². The Bertz CT molecular complexity index is 400. The monoisotopic (exact) mass is 269 g/mol. The van der Waals surface area contributed by atoms with E-state index >= 15 is 0 Å². The lowest BCUT2D eigenvalue weighted by molar-refractivity contribution is 0.0702. The van der Waals surface area contributed by atoms with Crippen LogP contribution in [0.2, 0.25) is 0 Å². The lowest BCUT2D eigenvalue weighted by atomic mass is 10.1. The Labute approximate surface area is 111 Å². The van der Waals surface area contributed by atoms with E-state index in [0.717, 1.165) is 31.1 Å². The SMILES string of the molecule is CCCN1CCC(Nc2ncc(C(=O)O)s2)CC1. The third-order valence-corrected chi connectivity index (χ3v) is 4.09. The van der Waals surface area contributed by atoms with E-state index in [4.69, 9.17) is 5.11 Å². The van der Waals surface area contributed by atoms with Gasteiger partial charge in [-0.25, -0.2) is 9.78 Å². The van der Waals surface area contributed by atoms with Gasteiger partial charge >= 0.3 is 5.97 Å². The molecule has 2 rings (SSSR count). The second-order valence-electron chi connectivity index (χ2n) is 4.60. The number of anilines is 1. The number of hydrogen-bond donors (Lipinski definition) is 2. The summed E-state index contributed by atoms with van der Waals surface area (Å²) in [6.07, 6.45) is 4.82. The molecule has 0 unspecified atom stereocenters. The number of hydrogen-bond acceptors (Lipinski definition) is 5. The summed E-state index contributed by atoms with van der Waals surface area (Å²) in [5.74, 6) is -0.904. The van der Waals surface area contributed by atoms with Gasteiger partial charge in [0.1, 0.15) is 4.88 Å². The van der Waals surface area contributed by atoms with Crippen LogP contribution in [-0.2, 0) is 0 Å². The van der Waals surface area contributed by atoms with Crippen LogP contribution in [0.1, 0.15) is 35.9 Å². The normalized spacial score (nSPS) is 17.8. The highest BCUT2D eigenvalue weighted by molar-refractivity contribution is 7.17. The van der Waals surface area contributed by atoms with E-state index in [1.807, 2.05) is 0 Å². The van der Waals surface area contributed by atoms with Gasteiger partial charge in [-0.05, 0) is 25.8 Å². The topological polar surface area (TPSA) is 65.5 Å². The van der Waals surface area contributed by atoms with Crippen LogP contribution in [-0.4, -0.2) is 46.6 Å². The first kappa shape index (κ1) is 13.3. The zero-order valence-corrected chi connectivity index (χ0v) is 11.4. The predicted octanol–water partition coefficient (Wildman–Crippen LogP) is 2.13. The lowest BCUT2D eigenvalue weighted by Crippen LogP contribution is -2.39. The number of rotatable bonds is 5. The minimum absolute atomic E-state index is 0.293. The van der Waals surface area contributed by atoms with Crippen LogP contribution >= 0.6 is 11.3 Å². The van der Waals surface area contributed by atoms with Gasteiger partial charge in [-0.2, -0.15) is 0 Å². The molecule has 6 heteroatoms. The standard InChI is InChI=1S/C12H19N3O2S/c1-2-5-15-6-3-9(4-7-15)14-12-13-8-10(18-12)11(16)17/h8-9H,2-7H2,1H3,(H,13,14)(H,16,17). The summed E-state index contributed by atoms with van der Waals surface area (Å²) < 4.78 is 0. The molecule has 0 aromatic carbocycles. The Kier molecular flexibility index (Phi) is 4.54. The minimum Gasteiger partial charge on any atom is -0.477 e. The smallest absolute Gasteiger partial charge is 0.347 e. The Balaban J connectivity index is 1.82. The summed E-state index contributed by atoms with van der Waals surface area (Å²) in [7, 11) is 0. The summed E-state index contributed by atoms with van der Waals surface area (Å²) >= 11 is 1.21. The molecular formula is C12H19N3O2S. The predicted molar refractivity (Wildman–Crippen MR) is 72.4 cm³/mol. The van der Waals surface area contributed by atoms with Gasteiger partial charge in [0.05, 0.1) is 6.20 Å². The van der Waals surface area contributed by atoms with Crippen LogP contribution in [0.4, 0.5) is 5.13 Å². The number of carboxylic acid groups (broad SMARTS) is 1. The van der Waals surface area contributed by atoms with Crippen molar-refractivity contribution >= 4 is 22.4 Å². The number of aromatic nitrogens is 1. The second kappa shape index (κ2) is 6.15. The molecule has 1 aromatic rings. The van der Waals surface area contributed by atoms with Crippen molar-refractivity contribution in [3.8, 4) is 0 Å². The molecule has 2 heterocycles. The van der Waals surface area contributed by atoms with Gasteiger partial charge in [-0.3, -0.25) is 0 Å². The van der Waals surface area contributed by atoms with Crippen molar-refractivity contribution in [2.45, 2.75) is 32.2 Å². The number of carboxylic acids is 1. The van der Waals surface area contributed by atoms with Crippen molar-refractivity contribution in [1.29, 1.82) is 0 Å². The lowest BCUT2D eigenvalue weighted by Gasteiger charge is -2.31. The van der Waals surface area contributed by atoms with E-state index < -0.39 is 5.97 Å². The second-order valence-corrected chi connectivity index (χ2v) is 5.63. The van der Waals surface area contributed by atoms with Crippen LogP contribution in [0, 0.1) is 0 Å². The van der Waals surface area contributed by atoms with E-state index in [1.165, 1.54) is 30.5 Å². The molecule has 18 heavy (non-hydrogen) atoms. The molecule has 1 saturated heterocycles. The quantitative estimate of drug-likeness (QED) is 0.857. The average Bonchev–Trinajstić information content (AvgIpc) is 2.81. The highest BCUT2D eigenvalue weighted by atomic mass is 32.1. The molecule has 5 nitrogen and oxygen atoms in total. The maximum absolute atomic E-state index is 10.8. The van der Waals surface area contributed by atoms with E-state index in [9.17, 15) is 4.79 Å². The number of aromatic carboxylic acids is 1. The van der Waals surface area contributed by atoms with Crippen molar-refractivity contribution in [2.24, 2.45) is 0 Å². The first-order valence-corrected chi connectivity index (χ1v) is 7.18. The van der Waals surface area contributed by atoms with Crippen LogP contribution < -0.4 is 5.32 Å². The van der Waals surface area contributed by atoms with E-state index in [2.05, 4.69) is 22.1 Å². The largest absolute Gasteiger partial charge is 0.477 e. The molecule has 0 amide bonds. The summed E-state index contributed by atoms with van der Waals surface area (Å²) in [6.45, 7) is 5.60. The summed E-state index contributed by atoms with van der Waals surface area (Å²) in [4.78, 5) is 17.6. The molecule has 1 aliphatic rings. The number of thiazole rings is 1. The van der Waals surface area contributed by atoms with E-state index in [1.54, 1.807) is 0 Å². The van der Waals surface area contributed by atoms with Gasteiger partial charge in [-0.15, -0.1) is 0 Å².